The number of amides is 1. The van der Waals surface area contributed by atoms with E-state index in [0.717, 1.165) is 35.4 Å². The smallest absolute Gasteiger partial charge is 0.410 e. The lowest BCUT2D eigenvalue weighted by molar-refractivity contribution is 0.0565. The number of nitrogens with one attached hydrogen (secondary N) is 1. The summed E-state index contributed by atoms with van der Waals surface area (Å²) in [5.41, 5.74) is 9.47. The molecule has 1 amide bonds. The summed E-state index contributed by atoms with van der Waals surface area (Å²) in [6, 6.07) is 16.7. The maximum Gasteiger partial charge on any atom is 0.410 e. The molecule has 4 atom stereocenters. The fraction of sp³-hybridized carbons (Fsp3) is 0.344. The number of fused-ring (bicyclic) bond motifs is 2. The van der Waals surface area contributed by atoms with Crippen molar-refractivity contribution in [1.29, 1.82) is 0 Å². The second-order valence-corrected chi connectivity index (χ2v) is 11.0. The van der Waals surface area contributed by atoms with Crippen LogP contribution in [0.15, 0.2) is 71.7 Å². The number of likely N-dealkylation sites (tertiary alicyclic amines) is 1. The summed E-state index contributed by atoms with van der Waals surface area (Å²) in [4.78, 5) is 35.4. The van der Waals surface area contributed by atoms with Gasteiger partial charge in [-0.3, -0.25) is 9.78 Å². The van der Waals surface area contributed by atoms with Gasteiger partial charge in [0.1, 0.15) is 6.10 Å². The van der Waals surface area contributed by atoms with Crippen LogP contribution in [0.2, 0.25) is 0 Å². The highest BCUT2D eigenvalue weighted by atomic mass is 19.2. The minimum absolute atomic E-state index is 0.0290. The van der Waals surface area contributed by atoms with Crippen molar-refractivity contribution < 1.29 is 18.3 Å². The maximum atomic E-state index is 14.8. The molecule has 0 bridgehead atoms. The molecule has 41 heavy (non-hydrogen) atoms. The molecule has 1 aliphatic heterocycles. The molecule has 212 valence electrons. The van der Waals surface area contributed by atoms with Gasteiger partial charge in [0.15, 0.2) is 11.6 Å². The minimum atomic E-state index is -0.918. The molecular formula is C32H32F2N4O3. The predicted molar refractivity (Wildman–Crippen MR) is 151 cm³/mol. The molecule has 1 fully saturated rings. The highest BCUT2D eigenvalue weighted by Crippen LogP contribution is 2.43. The van der Waals surface area contributed by atoms with Crippen molar-refractivity contribution >= 4 is 17.0 Å². The van der Waals surface area contributed by atoms with E-state index in [1.165, 1.54) is 6.07 Å². The summed E-state index contributed by atoms with van der Waals surface area (Å²) in [6.45, 7) is 0.966. The number of ether oxygens (including phenoxy) is 1. The van der Waals surface area contributed by atoms with Crippen LogP contribution in [-0.2, 0) is 4.74 Å². The Kier molecular flexibility index (Phi) is 7.53. The average Bonchev–Trinajstić information content (AvgIpc) is 3.31. The second-order valence-electron chi connectivity index (χ2n) is 11.0. The Bertz CT molecular complexity index is 1640. The summed E-state index contributed by atoms with van der Waals surface area (Å²) >= 11 is 0. The SMILES string of the molecule is N[C@@H]1c2cccnc2[C@H](OC(=O)N2CCCC(c3cc4ccccc4[nH]c3=O)CC2)CC[C@H]1c1cccc(F)c1F. The molecule has 0 radical (unpaired) electrons. The van der Waals surface area contributed by atoms with Crippen LogP contribution >= 0.6 is 0 Å². The van der Waals surface area contributed by atoms with Gasteiger partial charge in [0.2, 0.25) is 0 Å². The van der Waals surface area contributed by atoms with Gasteiger partial charge in [-0.1, -0.05) is 36.4 Å². The van der Waals surface area contributed by atoms with Gasteiger partial charge in [0, 0.05) is 42.3 Å². The molecule has 7 nitrogen and oxygen atoms in total. The van der Waals surface area contributed by atoms with Gasteiger partial charge >= 0.3 is 6.09 Å². The van der Waals surface area contributed by atoms with Gasteiger partial charge in [-0.25, -0.2) is 13.6 Å². The molecule has 4 aromatic rings. The number of halogens is 2. The normalized spacial score (nSPS) is 23.0. The van der Waals surface area contributed by atoms with Gasteiger partial charge in [-0.15, -0.1) is 0 Å². The first-order valence-electron chi connectivity index (χ1n) is 14.1. The lowest BCUT2D eigenvalue weighted by Crippen LogP contribution is -2.33. The van der Waals surface area contributed by atoms with Gasteiger partial charge in [0.25, 0.3) is 5.56 Å². The van der Waals surface area contributed by atoms with Crippen LogP contribution < -0.4 is 11.3 Å². The number of carbonyl (C=O) groups is 1. The van der Waals surface area contributed by atoms with Crippen LogP contribution in [-0.4, -0.2) is 34.1 Å². The number of pyridine rings is 2. The summed E-state index contributed by atoms with van der Waals surface area (Å²) in [6.07, 6.45) is 3.41. The monoisotopic (exact) mass is 558 g/mol. The van der Waals surface area contributed by atoms with Gasteiger partial charge in [-0.05, 0) is 78.8 Å². The quantitative estimate of drug-likeness (QED) is 0.291. The zero-order valence-electron chi connectivity index (χ0n) is 22.6. The molecule has 2 aromatic heterocycles. The van der Waals surface area contributed by atoms with Crippen molar-refractivity contribution in [2.45, 2.75) is 56.1 Å². The van der Waals surface area contributed by atoms with E-state index in [-0.39, 0.29) is 17.0 Å². The largest absolute Gasteiger partial charge is 0.440 e. The van der Waals surface area contributed by atoms with Crippen molar-refractivity contribution in [2.24, 2.45) is 5.73 Å². The molecule has 0 spiro atoms. The zero-order chi connectivity index (χ0) is 28.5. The fourth-order valence-electron chi connectivity index (χ4n) is 6.37. The third-order valence-electron chi connectivity index (χ3n) is 8.54. The predicted octanol–water partition coefficient (Wildman–Crippen LogP) is 6.23. The molecule has 1 unspecified atom stereocenters. The zero-order valence-corrected chi connectivity index (χ0v) is 22.6. The molecule has 3 N–H and O–H groups in total. The molecule has 1 aliphatic carbocycles. The Labute approximate surface area is 236 Å². The number of benzene rings is 2. The molecule has 9 heteroatoms. The maximum absolute atomic E-state index is 14.8. The highest BCUT2D eigenvalue weighted by molar-refractivity contribution is 5.78. The summed E-state index contributed by atoms with van der Waals surface area (Å²) in [5.74, 6) is -2.30. The van der Waals surface area contributed by atoms with Crippen molar-refractivity contribution in [3.05, 3.63) is 111 Å². The van der Waals surface area contributed by atoms with Gasteiger partial charge in [0.05, 0.1) is 5.69 Å². The molecule has 2 aliphatic rings. The number of aromatic amines is 1. The molecule has 3 heterocycles. The van der Waals surface area contributed by atoms with Crippen molar-refractivity contribution in [3.63, 3.8) is 0 Å². The topological polar surface area (TPSA) is 101 Å². The Morgan fingerprint density at radius 2 is 1.78 bits per heavy atom. The van der Waals surface area contributed by atoms with Crippen LogP contribution in [0.4, 0.5) is 13.6 Å². The Balaban J connectivity index is 1.18. The fourth-order valence-corrected chi connectivity index (χ4v) is 6.37. The number of rotatable bonds is 3. The van der Waals surface area contributed by atoms with Gasteiger partial charge in [-0.2, -0.15) is 0 Å². The molecular weight excluding hydrogens is 526 g/mol. The van der Waals surface area contributed by atoms with E-state index in [9.17, 15) is 18.4 Å². The van der Waals surface area contributed by atoms with E-state index >= 15 is 0 Å². The number of aromatic nitrogens is 2. The standard InChI is InChI=1S/C32H32F2N4O3/c33-25-10-3-8-21(28(25)34)22-12-13-27(30-23(29(22)35)9-4-15-36-30)41-32(40)38-16-5-7-19(14-17-38)24-18-20-6-1-2-11-26(20)37-31(24)39/h1-4,6,8-11,15,18-19,22,27,29H,5,7,12-14,16-17,35H2,(H,37,39)/t19?,22-,27+,29-/m0/s1. The number of hydrogen-bond acceptors (Lipinski definition) is 5. The summed E-state index contributed by atoms with van der Waals surface area (Å²) in [7, 11) is 0. The first kappa shape index (κ1) is 27.1. The summed E-state index contributed by atoms with van der Waals surface area (Å²) < 4.78 is 34.8. The molecule has 1 saturated heterocycles. The van der Waals surface area contributed by atoms with Crippen LogP contribution in [0.25, 0.3) is 10.9 Å². The third-order valence-corrected chi connectivity index (χ3v) is 8.54. The van der Waals surface area contributed by atoms with Crippen molar-refractivity contribution in [2.75, 3.05) is 13.1 Å². The number of H-pyrrole nitrogens is 1. The van der Waals surface area contributed by atoms with Crippen LogP contribution in [0, 0.1) is 11.6 Å². The minimum Gasteiger partial charge on any atom is -0.440 e. The molecule has 2 aromatic carbocycles. The van der Waals surface area contributed by atoms with Crippen LogP contribution in [0.3, 0.4) is 0 Å². The second kappa shape index (κ2) is 11.4. The van der Waals surface area contributed by atoms with Crippen LogP contribution in [0.1, 0.15) is 78.5 Å². The van der Waals surface area contributed by atoms with Crippen molar-refractivity contribution in [1.82, 2.24) is 14.9 Å². The Morgan fingerprint density at radius 3 is 2.66 bits per heavy atom. The third kappa shape index (κ3) is 5.34. The van der Waals surface area contributed by atoms with E-state index < -0.39 is 35.8 Å². The van der Waals surface area contributed by atoms with E-state index in [1.54, 1.807) is 29.3 Å². The number of carbonyl (C=O) groups excluding carboxylic acids is 1. The van der Waals surface area contributed by atoms with E-state index in [2.05, 4.69) is 9.97 Å². The number of hydrogen-bond donors (Lipinski definition) is 2. The summed E-state index contributed by atoms with van der Waals surface area (Å²) in [5, 5.41) is 0.983. The molecule has 0 saturated carbocycles. The van der Waals surface area contributed by atoms with Crippen LogP contribution in [0.5, 0.6) is 0 Å². The lowest BCUT2D eigenvalue weighted by atomic mass is 9.86. The van der Waals surface area contributed by atoms with Crippen molar-refractivity contribution in [3.8, 4) is 0 Å². The Hall–Kier alpha value is -4.11. The van der Waals surface area contributed by atoms with E-state index in [1.807, 2.05) is 30.3 Å². The first-order chi connectivity index (χ1) is 19.9. The molecule has 6 rings (SSSR count). The number of para-hydroxylation sites is 1. The lowest BCUT2D eigenvalue weighted by Gasteiger charge is -2.24. The van der Waals surface area contributed by atoms with E-state index in [0.29, 0.717) is 43.6 Å². The Morgan fingerprint density at radius 1 is 0.951 bits per heavy atom. The average molecular weight is 559 g/mol. The first-order valence-corrected chi connectivity index (χ1v) is 14.1. The van der Waals surface area contributed by atoms with E-state index in [4.69, 9.17) is 10.5 Å². The highest BCUT2D eigenvalue weighted by Gasteiger charge is 2.36. The number of nitrogens with zero attached hydrogens (tertiary/aromatic N) is 2. The number of nitrogens with two attached hydrogens (primary N) is 1. The van der Waals surface area contributed by atoms with Gasteiger partial charge < -0.3 is 20.4 Å².